The molecule has 0 radical (unpaired) electrons. The van der Waals surface area contributed by atoms with Gasteiger partial charge in [-0.1, -0.05) is 60.6 Å². The van der Waals surface area contributed by atoms with E-state index in [1.807, 2.05) is 0 Å². The molecule has 2 aromatic rings. The van der Waals surface area contributed by atoms with Crippen molar-refractivity contribution >= 4 is 18.2 Å². The lowest BCUT2D eigenvalue weighted by molar-refractivity contribution is -0.122. The molecule has 242 valence electrons. The van der Waals surface area contributed by atoms with Gasteiger partial charge in [0, 0.05) is 48.6 Å². The van der Waals surface area contributed by atoms with Crippen molar-refractivity contribution in [2.24, 2.45) is 5.41 Å². The van der Waals surface area contributed by atoms with Crippen molar-refractivity contribution < 1.29 is 29.4 Å². The average molecular weight is 644 g/mol. The van der Waals surface area contributed by atoms with Crippen molar-refractivity contribution in [3.63, 3.8) is 0 Å². The first-order chi connectivity index (χ1) is 19.3. The van der Waals surface area contributed by atoms with Gasteiger partial charge in [-0.05, 0) is 65.6 Å². The maximum absolute atomic E-state index is 14.3. The number of hydrogen-bond acceptors (Lipinski definition) is 4. The zero-order valence-electron chi connectivity index (χ0n) is 27.4. The van der Waals surface area contributed by atoms with Crippen LogP contribution in [0.2, 0.25) is 18.1 Å². The van der Waals surface area contributed by atoms with E-state index in [0.717, 1.165) is 53.1 Å². The second kappa shape index (κ2) is 9.53. The van der Waals surface area contributed by atoms with Gasteiger partial charge in [0.15, 0.2) is 18.2 Å². The number of halogens is 4. The molecule has 1 spiro atoms. The van der Waals surface area contributed by atoms with Crippen LogP contribution < -0.4 is 0 Å². The fourth-order valence-corrected chi connectivity index (χ4v) is 8.84. The lowest BCUT2D eigenvalue weighted by Gasteiger charge is -2.46. The van der Waals surface area contributed by atoms with Gasteiger partial charge in [0.1, 0.15) is 6.10 Å². The molecule has 3 heterocycles. The Morgan fingerprint density at radius 2 is 1.58 bits per heavy atom. The molecule has 1 fully saturated rings. The van der Waals surface area contributed by atoms with Crippen LogP contribution in [-0.4, -0.2) is 32.8 Å². The number of nitrogens with zero attached hydrogens (tertiary/aromatic N) is 1. The minimum absolute atomic E-state index is 0.00605. The van der Waals surface area contributed by atoms with Crippen LogP contribution in [0.4, 0.5) is 15.5 Å². The van der Waals surface area contributed by atoms with Gasteiger partial charge >= 0.3 is 0 Å². The number of aromatic nitrogens is 1. The van der Waals surface area contributed by atoms with Crippen molar-refractivity contribution in [2.45, 2.75) is 121 Å². The Balaban J connectivity index is 1.76. The van der Waals surface area contributed by atoms with Crippen molar-refractivity contribution in [1.29, 1.82) is 0 Å². The average Bonchev–Trinajstić information content (AvgIpc) is 3.15. The highest BCUT2D eigenvalue weighted by atomic mass is 32.5. The molecule has 0 bridgehead atoms. The first-order valence-corrected chi connectivity index (χ1v) is 20.8. The zero-order chi connectivity index (χ0) is 32.1. The Hall–Kier alpha value is -1.46. The molecule has 2 atom stereocenters. The van der Waals surface area contributed by atoms with Gasteiger partial charge in [-0.25, -0.2) is 0 Å². The molecule has 0 N–H and O–H groups in total. The van der Waals surface area contributed by atoms with Gasteiger partial charge in [0.25, 0.3) is 0 Å². The second-order valence-corrected chi connectivity index (χ2v) is 24.1. The molecule has 43 heavy (non-hydrogen) atoms. The molecule has 5 rings (SSSR count). The highest BCUT2D eigenvalue weighted by molar-refractivity contribution is 8.49. The molecular weight excluding hydrogens is 595 g/mol. The Morgan fingerprint density at radius 3 is 2.09 bits per heavy atom. The minimum atomic E-state index is -8.32. The highest BCUT2D eigenvalue weighted by Crippen LogP contribution is 2.98. The van der Waals surface area contributed by atoms with Crippen LogP contribution in [-0.2, 0) is 25.9 Å². The van der Waals surface area contributed by atoms with E-state index in [9.17, 15) is 15.5 Å². The summed E-state index contributed by atoms with van der Waals surface area (Å²) in [4.78, 5) is 4.11. The predicted molar refractivity (Wildman–Crippen MR) is 169 cm³/mol. The maximum Gasteiger partial charge on any atom is 0.192 e. The summed E-state index contributed by atoms with van der Waals surface area (Å²) in [6.45, 7) is 21.1. The second-order valence-electron chi connectivity index (χ2n) is 15.9. The van der Waals surface area contributed by atoms with Crippen LogP contribution in [0.25, 0.3) is 0 Å². The molecule has 1 aromatic carbocycles. The Morgan fingerprint density at radius 1 is 1.00 bits per heavy atom. The number of ether oxygens (including phenoxy) is 2. The van der Waals surface area contributed by atoms with Crippen molar-refractivity contribution in [2.75, 3.05) is 19.5 Å². The molecule has 1 aliphatic carbocycles. The Kier molecular flexibility index (Phi) is 7.30. The van der Waals surface area contributed by atoms with Crippen LogP contribution in [0, 0.1) is 5.41 Å². The van der Waals surface area contributed by atoms with E-state index in [2.05, 4.69) is 61.6 Å². The van der Waals surface area contributed by atoms with Crippen molar-refractivity contribution in [3.8, 4) is 0 Å². The van der Waals surface area contributed by atoms with Gasteiger partial charge in [0.2, 0.25) is 0 Å². The van der Waals surface area contributed by atoms with Gasteiger partial charge in [0.05, 0.1) is 22.9 Å². The standard InChI is InChI=1S/C33H49F4NO3SSi/c1-21(2)29-27-28(26-24(38-29)19-32(6,7)20-25(26)41-43(9,10)31(3,4)5)33(15-17-39-18-16-33)40-30(27)22-11-13-23(14-12-22)42(8,34,35,36)37/h11-14,21,25,30H,15-20H2,1-10H3. The van der Waals surface area contributed by atoms with E-state index in [0.29, 0.717) is 31.6 Å². The van der Waals surface area contributed by atoms with Gasteiger partial charge in [-0.2, -0.15) is 0 Å². The highest BCUT2D eigenvalue weighted by Gasteiger charge is 2.59. The lowest BCUT2D eigenvalue weighted by Crippen LogP contribution is -2.45. The lowest BCUT2D eigenvalue weighted by atomic mass is 9.70. The summed E-state index contributed by atoms with van der Waals surface area (Å²) in [7, 11) is -10.5. The largest absolute Gasteiger partial charge is 0.410 e. The van der Waals surface area contributed by atoms with Crippen LogP contribution in [0.3, 0.4) is 0 Å². The van der Waals surface area contributed by atoms with Crippen LogP contribution in [0.1, 0.15) is 119 Å². The van der Waals surface area contributed by atoms with Gasteiger partial charge < -0.3 is 13.9 Å². The predicted octanol–water partition coefficient (Wildman–Crippen LogP) is 10.8. The summed E-state index contributed by atoms with van der Waals surface area (Å²) in [6, 6.07) is 4.48. The summed E-state index contributed by atoms with van der Waals surface area (Å²) in [5.41, 5.74) is 4.99. The van der Waals surface area contributed by atoms with Crippen molar-refractivity contribution in [3.05, 3.63) is 57.9 Å². The number of hydrogen-bond donors (Lipinski definition) is 0. The number of fused-ring (bicyclic) bond motifs is 4. The SMILES string of the molecule is CC(C)c1nc2c(c3c1C(c1ccc(S(C)(F)(F)(F)F)cc1)OC31CCOCC1)C(O[Si](C)(C)C(C)(C)C)CC(C)(C)C2. The molecule has 2 unspecified atom stereocenters. The quantitative estimate of drug-likeness (QED) is 0.240. The van der Waals surface area contributed by atoms with Crippen LogP contribution >= 0.6 is 9.84 Å². The van der Waals surface area contributed by atoms with Gasteiger partial charge in [-0.15, -0.1) is 15.5 Å². The van der Waals surface area contributed by atoms with E-state index in [1.54, 1.807) is 0 Å². The topological polar surface area (TPSA) is 40.6 Å². The third kappa shape index (κ3) is 6.08. The summed E-state index contributed by atoms with van der Waals surface area (Å²) >= 11 is 0. The molecule has 4 nitrogen and oxygen atoms in total. The van der Waals surface area contributed by atoms with Gasteiger partial charge in [-0.3, -0.25) is 4.98 Å². The monoisotopic (exact) mass is 643 g/mol. The van der Waals surface area contributed by atoms with E-state index < -0.39 is 34.8 Å². The van der Waals surface area contributed by atoms with Crippen molar-refractivity contribution in [1.82, 2.24) is 4.98 Å². The number of rotatable bonds is 5. The van der Waals surface area contributed by atoms with E-state index in [-0.39, 0.29) is 28.7 Å². The Labute approximate surface area is 255 Å². The molecule has 0 saturated carbocycles. The van der Waals surface area contributed by atoms with E-state index in [4.69, 9.17) is 18.9 Å². The first kappa shape index (κ1) is 32.9. The third-order valence-corrected chi connectivity index (χ3v) is 16.0. The summed E-state index contributed by atoms with van der Waals surface area (Å²) < 4.78 is 77.2. The molecule has 1 aromatic heterocycles. The minimum Gasteiger partial charge on any atom is -0.410 e. The fraction of sp³-hybridized carbons (Fsp3) is 0.667. The first-order valence-electron chi connectivity index (χ1n) is 15.4. The maximum atomic E-state index is 14.3. The fourth-order valence-electron chi connectivity index (χ4n) is 6.76. The van der Waals surface area contributed by atoms with E-state index in [1.165, 1.54) is 12.1 Å². The normalized spacial score (nSPS) is 25.3. The molecule has 1 saturated heterocycles. The Bertz CT molecular complexity index is 1410. The summed E-state index contributed by atoms with van der Waals surface area (Å²) in [5.74, 6) is 0.0544. The van der Waals surface area contributed by atoms with Crippen LogP contribution in [0.5, 0.6) is 0 Å². The molecular formula is C33H49F4NO3SSi. The number of benzene rings is 1. The molecule has 3 aliphatic rings. The van der Waals surface area contributed by atoms with Crippen LogP contribution in [0.15, 0.2) is 29.2 Å². The molecule has 2 aliphatic heterocycles. The molecule has 10 heteroatoms. The van der Waals surface area contributed by atoms with E-state index >= 15 is 0 Å². The summed E-state index contributed by atoms with van der Waals surface area (Å²) in [6.07, 6.45) is 1.89. The zero-order valence-corrected chi connectivity index (χ0v) is 29.2. The smallest absolute Gasteiger partial charge is 0.192 e. The third-order valence-electron chi connectivity index (χ3n) is 10.0. The summed E-state index contributed by atoms with van der Waals surface area (Å²) in [5, 5.41) is 0.00605. The molecule has 0 amide bonds. The number of pyridine rings is 1.